The van der Waals surface area contributed by atoms with Crippen LogP contribution in [0.3, 0.4) is 0 Å². The molecule has 2 aliphatic rings. The number of aromatic nitrogens is 1. The van der Waals surface area contributed by atoms with Crippen LogP contribution in [0.2, 0.25) is 0 Å². The molecule has 1 aliphatic heterocycles. The second-order valence-electron chi connectivity index (χ2n) is 18.7. The molecule has 0 saturated carbocycles. The second kappa shape index (κ2) is 15.1. The molecule has 70 heavy (non-hydrogen) atoms. The smallest absolute Gasteiger partial charge is 0.0714 e. The molecule has 0 spiro atoms. The molecule has 3 heterocycles. The molecule has 0 amide bonds. The Morgan fingerprint density at radius 2 is 0.914 bits per heavy atom. The number of thiophene rings is 1. The topological polar surface area (TPSA) is 8.17 Å². The minimum absolute atomic E-state index is 0.673. The van der Waals surface area contributed by atoms with Crippen molar-refractivity contribution in [1.29, 1.82) is 0 Å². The molecule has 3 heteroatoms. The van der Waals surface area contributed by atoms with Crippen molar-refractivity contribution < 1.29 is 0 Å². The summed E-state index contributed by atoms with van der Waals surface area (Å²) in [6, 6.07) is 95.1. The lowest BCUT2D eigenvalue weighted by Crippen LogP contribution is -2.29. The third kappa shape index (κ3) is 5.44. The van der Waals surface area contributed by atoms with Crippen LogP contribution in [-0.2, 0) is 5.41 Å². The predicted molar refractivity (Wildman–Crippen MR) is 296 cm³/mol. The maximum atomic E-state index is 2.58. The highest BCUT2D eigenvalue weighted by molar-refractivity contribution is 7.26. The highest BCUT2D eigenvalue weighted by Gasteiger charge is 2.50. The van der Waals surface area contributed by atoms with Crippen molar-refractivity contribution in [2.75, 3.05) is 4.90 Å². The zero-order chi connectivity index (χ0) is 45.9. The summed E-state index contributed by atoms with van der Waals surface area (Å²) in [5.41, 5.74) is 21.3. The largest absolute Gasteiger partial charge is 0.308 e. The van der Waals surface area contributed by atoms with Gasteiger partial charge in [-0.05, 0) is 92.5 Å². The Labute approximate surface area is 410 Å². The molecule has 0 radical (unpaired) electrons. The third-order valence-corrected chi connectivity index (χ3v) is 16.4. The van der Waals surface area contributed by atoms with Gasteiger partial charge in [0.15, 0.2) is 0 Å². The average molecular weight is 907 g/mol. The summed E-state index contributed by atoms with van der Waals surface area (Å²) in [4.78, 5) is 2.55. The normalized spacial score (nSPS) is 13.0. The Kier molecular flexibility index (Phi) is 8.48. The van der Waals surface area contributed by atoms with E-state index in [0.29, 0.717) is 0 Å². The van der Waals surface area contributed by atoms with Crippen LogP contribution in [0.5, 0.6) is 0 Å². The van der Waals surface area contributed by atoms with E-state index in [1.807, 2.05) is 11.3 Å². The maximum Gasteiger partial charge on any atom is 0.0714 e. The summed E-state index contributed by atoms with van der Waals surface area (Å²) in [7, 11) is 0. The first-order chi connectivity index (χ1) is 34.8. The number of hydrogen-bond donors (Lipinski definition) is 0. The van der Waals surface area contributed by atoms with E-state index in [-0.39, 0.29) is 0 Å². The zero-order valence-corrected chi connectivity index (χ0v) is 38.9. The first-order valence-corrected chi connectivity index (χ1v) is 25.0. The number of para-hydroxylation sites is 3. The molecule has 0 bridgehead atoms. The molecule has 2 nitrogen and oxygen atoms in total. The molecule has 0 fully saturated rings. The molecule has 0 unspecified atom stereocenters. The van der Waals surface area contributed by atoms with Gasteiger partial charge in [0.2, 0.25) is 0 Å². The van der Waals surface area contributed by atoms with Crippen LogP contribution in [0.1, 0.15) is 22.3 Å². The summed E-state index contributed by atoms with van der Waals surface area (Å²) in [5.74, 6) is 0. The summed E-state index contributed by atoms with van der Waals surface area (Å²) >= 11 is 1.88. The van der Waals surface area contributed by atoms with E-state index in [2.05, 4.69) is 264 Å². The van der Waals surface area contributed by atoms with Gasteiger partial charge in [-0.15, -0.1) is 11.3 Å². The van der Waals surface area contributed by atoms with Crippen LogP contribution < -0.4 is 4.90 Å². The van der Waals surface area contributed by atoms with Crippen LogP contribution in [0.25, 0.3) is 92.2 Å². The van der Waals surface area contributed by atoms with Gasteiger partial charge in [-0.2, -0.15) is 0 Å². The van der Waals surface area contributed by atoms with Gasteiger partial charge >= 0.3 is 0 Å². The lowest BCUT2D eigenvalue weighted by Gasteiger charge is -2.35. The van der Waals surface area contributed by atoms with E-state index in [9.17, 15) is 0 Å². The van der Waals surface area contributed by atoms with E-state index in [0.717, 1.165) is 11.4 Å². The van der Waals surface area contributed by atoms with E-state index in [4.69, 9.17) is 0 Å². The molecule has 0 saturated heterocycles. The van der Waals surface area contributed by atoms with Crippen LogP contribution in [0.4, 0.5) is 17.1 Å². The van der Waals surface area contributed by atoms with Gasteiger partial charge < -0.3 is 9.47 Å². The quantitative estimate of drug-likeness (QED) is 0.155. The van der Waals surface area contributed by atoms with Gasteiger partial charge in [0, 0.05) is 48.6 Å². The fourth-order valence-electron chi connectivity index (χ4n) is 12.3. The highest BCUT2D eigenvalue weighted by atomic mass is 32.1. The van der Waals surface area contributed by atoms with Gasteiger partial charge in [0.05, 0.1) is 38.2 Å². The summed E-state index contributed by atoms with van der Waals surface area (Å²) in [6.07, 6.45) is 0. The Balaban J connectivity index is 1.11. The molecule has 11 aromatic carbocycles. The molecule has 13 aromatic rings. The van der Waals surface area contributed by atoms with Crippen molar-refractivity contribution in [1.82, 2.24) is 4.57 Å². The Morgan fingerprint density at radius 3 is 1.63 bits per heavy atom. The number of anilines is 3. The highest BCUT2D eigenvalue weighted by Crippen LogP contribution is 2.64. The van der Waals surface area contributed by atoms with E-state index >= 15 is 0 Å². The second-order valence-corrected chi connectivity index (χ2v) is 19.7. The van der Waals surface area contributed by atoms with Gasteiger partial charge in [0.25, 0.3) is 0 Å². The van der Waals surface area contributed by atoms with E-state index in [1.54, 1.807) is 0 Å². The van der Waals surface area contributed by atoms with Crippen LogP contribution in [0.15, 0.2) is 255 Å². The van der Waals surface area contributed by atoms with Crippen LogP contribution in [-0.4, -0.2) is 4.57 Å². The van der Waals surface area contributed by atoms with Crippen molar-refractivity contribution in [2.45, 2.75) is 5.41 Å². The van der Waals surface area contributed by atoms with Gasteiger partial charge in [-0.25, -0.2) is 0 Å². The maximum absolute atomic E-state index is 2.58. The standard InChI is InChI=1S/C67H42N2S/c1-4-17-43(18-5-1)45-31-35-47(36-32-45)67(48-37-33-46(34-38-48)44-19-6-2-7-20-44)55-41-42-59(68(49-21-8-3-9-22-49)60-29-16-26-53-51-24-12-15-30-61(51)70-66(53)60)62-54-25-11-14-28-58(54)69-57-27-13-10-23-50(57)52-39-40-56(67)64(63(55)62)65(52)69/h1-42H. The lowest BCUT2D eigenvalue weighted by atomic mass is 9.67. The number of fused-ring (bicyclic) bond motifs is 9. The first-order valence-electron chi connectivity index (χ1n) is 24.2. The number of benzene rings is 11. The van der Waals surface area contributed by atoms with Crippen molar-refractivity contribution in [3.63, 3.8) is 0 Å². The SMILES string of the molecule is c1ccc(-c2ccc(C3(c4ccc(-c5ccccc5)cc4)c4ccc(N(c5ccccc5)c5cccc6c5sc5ccccc56)c5c4-c4c3ccc3c6ccccc6n(c43)-c3ccccc3-5)cc2)cc1. The molecule has 15 rings (SSSR count). The minimum Gasteiger partial charge on any atom is -0.308 e. The van der Waals surface area contributed by atoms with Crippen LogP contribution in [0, 0.1) is 0 Å². The number of nitrogens with zero attached hydrogens (tertiary/aromatic N) is 2. The minimum atomic E-state index is -0.673. The fourth-order valence-corrected chi connectivity index (χ4v) is 13.5. The summed E-state index contributed by atoms with van der Waals surface area (Å²) in [5, 5.41) is 5.09. The molecule has 1 aliphatic carbocycles. The molecule has 0 N–H and O–H groups in total. The van der Waals surface area contributed by atoms with Crippen molar-refractivity contribution >= 4 is 70.4 Å². The van der Waals surface area contributed by atoms with Gasteiger partial charge in [0.1, 0.15) is 0 Å². The molecular weight excluding hydrogens is 865 g/mol. The van der Waals surface area contributed by atoms with E-state index in [1.165, 1.54) is 120 Å². The number of rotatable bonds is 7. The summed E-state index contributed by atoms with van der Waals surface area (Å²) < 4.78 is 5.15. The zero-order valence-electron chi connectivity index (χ0n) is 38.1. The van der Waals surface area contributed by atoms with Crippen molar-refractivity contribution in [3.05, 3.63) is 277 Å². The number of hydrogen-bond acceptors (Lipinski definition) is 2. The lowest BCUT2D eigenvalue weighted by molar-refractivity contribution is 0.769. The van der Waals surface area contributed by atoms with Crippen LogP contribution >= 0.6 is 11.3 Å². The fraction of sp³-hybridized carbons (Fsp3) is 0.0149. The van der Waals surface area contributed by atoms with Crippen molar-refractivity contribution in [3.8, 4) is 50.2 Å². The monoisotopic (exact) mass is 906 g/mol. The predicted octanol–water partition coefficient (Wildman–Crippen LogP) is 18.3. The Morgan fingerprint density at radius 1 is 0.357 bits per heavy atom. The summed E-state index contributed by atoms with van der Waals surface area (Å²) in [6.45, 7) is 0. The average Bonchev–Trinajstić information content (AvgIpc) is 4.07. The van der Waals surface area contributed by atoms with Crippen molar-refractivity contribution in [2.24, 2.45) is 0 Å². The molecule has 0 atom stereocenters. The van der Waals surface area contributed by atoms with Gasteiger partial charge in [-0.1, -0.05) is 212 Å². The molecular formula is C67H42N2S. The third-order valence-electron chi connectivity index (χ3n) is 15.2. The first kappa shape index (κ1) is 39.3. The Hall–Kier alpha value is -8.76. The van der Waals surface area contributed by atoms with E-state index < -0.39 is 5.41 Å². The molecule has 2 aromatic heterocycles. The Bertz CT molecular complexity index is 4120. The van der Waals surface area contributed by atoms with Gasteiger partial charge in [-0.3, -0.25) is 0 Å². The molecule has 326 valence electrons.